The SMILES string of the molecule is FC(F)c1cncc(C[B-](F)(F)F)c1.[K+]. The first-order chi connectivity index (χ1) is 6.38. The van der Waals surface area contributed by atoms with E-state index in [1.54, 1.807) is 0 Å². The van der Waals surface area contributed by atoms with Gasteiger partial charge in [-0.05, 0) is 6.07 Å². The first kappa shape index (κ1) is 15.5. The molecule has 0 aliphatic carbocycles. The summed E-state index contributed by atoms with van der Waals surface area (Å²) < 4.78 is 59.9. The number of nitrogens with zero attached hydrogens (tertiary/aromatic N) is 1. The number of hydrogen-bond acceptors (Lipinski definition) is 1. The van der Waals surface area contributed by atoms with Gasteiger partial charge in [-0.25, -0.2) is 8.78 Å². The monoisotopic (exact) mass is 249 g/mol. The number of rotatable bonds is 3. The Bertz CT molecular complexity index is 316. The van der Waals surface area contributed by atoms with Gasteiger partial charge in [-0.1, -0.05) is 11.9 Å². The molecule has 1 nitrogen and oxygen atoms in total. The minimum atomic E-state index is -5.00. The molecule has 78 valence electrons. The van der Waals surface area contributed by atoms with E-state index in [4.69, 9.17) is 0 Å². The third kappa shape index (κ3) is 5.96. The van der Waals surface area contributed by atoms with Crippen molar-refractivity contribution in [2.45, 2.75) is 12.7 Å². The van der Waals surface area contributed by atoms with Crippen LogP contribution in [-0.2, 0) is 6.32 Å². The van der Waals surface area contributed by atoms with E-state index in [-0.39, 0.29) is 56.9 Å². The molecule has 1 heterocycles. The van der Waals surface area contributed by atoms with Crippen LogP contribution in [0.1, 0.15) is 17.6 Å². The number of hydrogen-bond donors (Lipinski definition) is 0. The zero-order valence-corrected chi connectivity index (χ0v) is 11.1. The van der Waals surface area contributed by atoms with Crippen LogP contribution >= 0.6 is 0 Å². The smallest absolute Gasteiger partial charge is 0.449 e. The number of alkyl halides is 2. The molecular formula is C7H6BF5KN. The Balaban J connectivity index is 0.00000196. The van der Waals surface area contributed by atoms with Crippen molar-refractivity contribution in [3.63, 3.8) is 0 Å². The first-order valence-electron chi connectivity index (χ1n) is 3.81. The van der Waals surface area contributed by atoms with Crippen LogP contribution in [0.25, 0.3) is 0 Å². The van der Waals surface area contributed by atoms with Crippen LogP contribution in [0.3, 0.4) is 0 Å². The van der Waals surface area contributed by atoms with Gasteiger partial charge in [0.25, 0.3) is 6.43 Å². The van der Waals surface area contributed by atoms with Gasteiger partial charge in [-0.15, -0.1) is 0 Å². The Morgan fingerprint density at radius 1 is 1.20 bits per heavy atom. The van der Waals surface area contributed by atoms with Crippen molar-refractivity contribution in [1.82, 2.24) is 4.98 Å². The molecule has 0 unspecified atom stereocenters. The van der Waals surface area contributed by atoms with Crippen LogP contribution in [0.2, 0.25) is 0 Å². The molecule has 0 fully saturated rings. The van der Waals surface area contributed by atoms with Crippen LogP contribution in [0, 0.1) is 0 Å². The van der Waals surface area contributed by atoms with E-state index in [2.05, 4.69) is 4.98 Å². The molecule has 15 heavy (non-hydrogen) atoms. The van der Waals surface area contributed by atoms with E-state index in [1.165, 1.54) is 0 Å². The average Bonchev–Trinajstić information content (AvgIpc) is 2.01. The predicted octanol–water partition coefficient (Wildman–Crippen LogP) is -0.0477. The molecule has 0 atom stereocenters. The van der Waals surface area contributed by atoms with E-state index >= 15 is 0 Å². The van der Waals surface area contributed by atoms with Gasteiger partial charge in [0.1, 0.15) is 0 Å². The van der Waals surface area contributed by atoms with Crippen molar-refractivity contribution >= 4 is 6.98 Å². The van der Waals surface area contributed by atoms with E-state index in [9.17, 15) is 21.7 Å². The van der Waals surface area contributed by atoms with Crippen LogP contribution < -0.4 is 51.4 Å². The molecule has 0 amide bonds. The summed E-state index contributed by atoms with van der Waals surface area (Å²) in [7, 11) is 0. The van der Waals surface area contributed by atoms with Gasteiger partial charge in [0, 0.05) is 18.0 Å². The fourth-order valence-electron chi connectivity index (χ4n) is 1.01. The Kier molecular flexibility index (Phi) is 6.50. The third-order valence-corrected chi connectivity index (χ3v) is 1.54. The topological polar surface area (TPSA) is 12.9 Å². The largest absolute Gasteiger partial charge is 1.00 e. The summed E-state index contributed by atoms with van der Waals surface area (Å²) in [6, 6.07) is 0.826. The van der Waals surface area contributed by atoms with Crippen LogP contribution in [0.4, 0.5) is 21.7 Å². The average molecular weight is 249 g/mol. The summed E-state index contributed by atoms with van der Waals surface area (Å²) in [6.45, 7) is -5.00. The Morgan fingerprint density at radius 3 is 2.27 bits per heavy atom. The van der Waals surface area contributed by atoms with Gasteiger partial charge in [0.15, 0.2) is 0 Å². The van der Waals surface area contributed by atoms with E-state index in [1.807, 2.05) is 0 Å². The maximum atomic E-state index is 12.1. The van der Waals surface area contributed by atoms with E-state index in [0.29, 0.717) is 0 Å². The number of pyridine rings is 1. The van der Waals surface area contributed by atoms with Gasteiger partial charge >= 0.3 is 58.4 Å². The molecule has 0 spiro atoms. The summed E-state index contributed by atoms with van der Waals surface area (Å²) >= 11 is 0. The normalized spacial score (nSPS) is 11.3. The number of halogens is 5. The standard InChI is InChI=1S/C7H6BF5N.K/c9-7(10)6-1-5(3-14-4-6)2-8(11,12)13;/h1,3-4,7H,2H2;/q-1;+1. The summed E-state index contributed by atoms with van der Waals surface area (Å²) in [5.74, 6) is 0. The molecule has 1 aromatic heterocycles. The zero-order valence-electron chi connectivity index (χ0n) is 7.93. The molecule has 0 saturated heterocycles. The zero-order chi connectivity index (χ0) is 10.8. The summed E-state index contributed by atoms with van der Waals surface area (Å²) in [4.78, 5) is 3.32. The van der Waals surface area contributed by atoms with Crippen molar-refractivity contribution in [3.05, 3.63) is 29.6 Å². The summed E-state index contributed by atoms with van der Waals surface area (Å²) in [6.07, 6.45) is -2.16. The molecule has 0 aromatic carbocycles. The quantitative estimate of drug-likeness (QED) is 0.540. The first-order valence-corrected chi connectivity index (χ1v) is 3.81. The van der Waals surface area contributed by atoms with Gasteiger partial charge in [-0.2, -0.15) is 0 Å². The molecule has 0 aliphatic heterocycles. The van der Waals surface area contributed by atoms with Gasteiger partial charge in [-0.3, -0.25) is 4.98 Å². The molecule has 1 aromatic rings. The van der Waals surface area contributed by atoms with Crippen molar-refractivity contribution in [2.24, 2.45) is 0 Å². The van der Waals surface area contributed by atoms with Crippen molar-refractivity contribution in [2.75, 3.05) is 0 Å². The Labute approximate surface area is 126 Å². The molecule has 0 radical (unpaired) electrons. The van der Waals surface area contributed by atoms with E-state index in [0.717, 1.165) is 18.5 Å². The summed E-state index contributed by atoms with van der Waals surface area (Å²) in [5.41, 5.74) is -0.710. The second-order valence-electron chi connectivity index (χ2n) is 2.84. The predicted molar refractivity (Wildman–Crippen MR) is 42.0 cm³/mol. The molecule has 0 N–H and O–H groups in total. The maximum absolute atomic E-state index is 12.1. The third-order valence-electron chi connectivity index (χ3n) is 1.54. The van der Waals surface area contributed by atoms with Crippen LogP contribution in [-0.4, -0.2) is 12.0 Å². The fourth-order valence-corrected chi connectivity index (χ4v) is 1.01. The van der Waals surface area contributed by atoms with Gasteiger partial charge in [0.2, 0.25) is 0 Å². The maximum Gasteiger partial charge on any atom is 1.00 e. The minimum absolute atomic E-state index is 0. The second kappa shape index (κ2) is 6.29. The van der Waals surface area contributed by atoms with Crippen LogP contribution in [0.15, 0.2) is 18.5 Å². The Morgan fingerprint density at radius 2 is 1.80 bits per heavy atom. The molecule has 0 bridgehead atoms. The van der Waals surface area contributed by atoms with E-state index < -0.39 is 25.3 Å². The van der Waals surface area contributed by atoms with Gasteiger partial charge < -0.3 is 12.9 Å². The van der Waals surface area contributed by atoms with Crippen molar-refractivity contribution in [1.29, 1.82) is 0 Å². The fraction of sp³-hybridized carbons (Fsp3) is 0.286. The molecule has 0 saturated carbocycles. The molecular weight excluding hydrogens is 243 g/mol. The Hall–Kier alpha value is 0.501. The number of aromatic nitrogens is 1. The second-order valence-corrected chi connectivity index (χ2v) is 2.84. The molecule has 1 rings (SSSR count). The van der Waals surface area contributed by atoms with Crippen molar-refractivity contribution in [3.8, 4) is 0 Å². The minimum Gasteiger partial charge on any atom is -0.449 e. The van der Waals surface area contributed by atoms with Crippen LogP contribution in [0.5, 0.6) is 0 Å². The van der Waals surface area contributed by atoms with Crippen molar-refractivity contribution < 1.29 is 73.1 Å². The summed E-state index contributed by atoms with van der Waals surface area (Å²) in [5, 5.41) is 0. The molecule has 8 heteroatoms. The molecule has 0 aliphatic rings. The van der Waals surface area contributed by atoms with Gasteiger partial charge in [0.05, 0.1) is 0 Å².